The highest BCUT2D eigenvalue weighted by atomic mass is 16.5. The second-order valence-corrected chi connectivity index (χ2v) is 9.35. The maximum atomic E-state index is 5.69. The molecule has 6 rings (SSSR count). The first-order valence-corrected chi connectivity index (χ1v) is 11.0. The molecule has 4 heterocycles. The van der Waals surface area contributed by atoms with E-state index >= 15 is 0 Å². The summed E-state index contributed by atoms with van der Waals surface area (Å²) in [4.78, 5) is 0. The molecule has 1 saturated carbocycles. The Morgan fingerprint density at radius 3 is 2.86 bits per heavy atom. The van der Waals surface area contributed by atoms with Crippen molar-refractivity contribution >= 4 is 10.9 Å². The van der Waals surface area contributed by atoms with Crippen LogP contribution in [0.2, 0.25) is 0 Å². The van der Waals surface area contributed by atoms with Gasteiger partial charge in [0, 0.05) is 31.0 Å². The van der Waals surface area contributed by atoms with Crippen LogP contribution in [0.25, 0.3) is 16.6 Å². The lowest BCUT2D eigenvalue weighted by Gasteiger charge is -2.24. The van der Waals surface area contributed by atoms with Crippen molar-refractivity contribution in [3.05, 3.63) is 41.9 Å². The first-order chi connectivity index (χ1) is 14.2. The highest BCUT2D eigenvalue weighted by molar-refractivity contribution is 5.82. The summed E-state index contributed by atoms with van der Waals surface area (Å²) in [6.45, 7) is 5.33. The minimum absolute atomic E-state index is 0.650. The van der Waals surface area contributed by atoms with Gasteiger partial charge in [-0.2, -0.15) is 10.2 Å². The van der Waals surface area contributed by atoms with Gasteiger partial charge in [-0.1, -0.05) is 0 Å². The van der Waals surface area contributed by atoms with Crippen LogP contribution >= 0.6 is 0 Å². The van der Waals surface area contributed by atoms with Gasteiger partial charge in [0.2, 0.25) is 0 Å². The third kappa shape index (κ3) is 2.84. The average molecular weight is 392 g/mol. The second-order valence-electron chi connectivity index (χ2n) is 9.35. The van der Waals surface area contributed by atoms with Crippen LogP contribution in [0.3, 0.4) is 0 Å². The van der Waals surface area contributed by atoms with Crippen molar-refractivity contribution in [2.75, 3.05) is 19.8 Å². The Hall–Kier alpha value is -2.18. The monoisotopic (exact) mass is 391 g/mol. The SMILES string of the molecule is Cc1cc2cnn(-c3cnn(C)c3)c2cc1[C@H]1C[C@@H]2CN[C@H]([C@@H]3CCOC3)[C@H]2C1. The molecule has 1 aromatic carbocycles. The Labute approximate surface area is 171 Å². The fourth-order valence-corrected chi connectivity index (χ4v) is 6.24. The van der Waals surface area contributed by atoms with Gasteiger partial charge in [-0.25, -0.2) is 4.68 Å². The first kappa shape index (κ1) is 17.7. The zero-order valence-electron chi connectivity index (χ0n) is 17.2. The van der Waals surface area contributed by atoms with Gasteiger partial charge < -0.3 is 10.1 Å². The number of fused-ring (bicyclic) bond motifs is 2. The number of rotatable bonds is 3. The number of ether oxygens (including phenoxy) is 1. The van der Waals surface area contributed by atoms with E-state index in [-0.39, 0.29) is 0 Å². The van der Waals surface area contributed by atoms with Crippen LogP contribution in [0, 0.1) is 24.7 Å². The van der Waals surface area contributed by atoms with E-state index in [9.17, 15) is 0 Å². The molecule has 0 amide bonds. The molecule has 0 bridgehead atoms. The zero-order chi connectivity index (χ0) is 19.5. The van der Waals surface area contributed by atoms with Gasteiger partial charge in [0.05, 0.1) is 30.7 Å². The molecule has 29 heavy (non-hydrogen) atoms. The summed E-state index contributed by atoms with van der Waals surface area (Å²) in [5.74, 6) is 2.96. The van der Waals surface area contributed by atoms with E-state index in [1.54, 1.807) is 0 Å². The number of hydrogen-bond donors (Lipinski definition) is 1. The Morgan fingerprint density at radius 2 is 2.07 bits per heavy atom. The van der Waals surface area contributed by atoms with Gasteiger partial charge in [-0.3, -0.25) is 4.68 Å². The van der Waals surface area contributed by atoms with Crippen molar-refractivity contribution in [3.8, 4) is 5.69 Å². The van der Waals surface area contributed by atoms with Crippen LogP contribution in [-0.4, -0.2) is 45.4 Å². The van der Waals surface area contributed by atoms with Crippen LogP contribution in [0.15, 0.2) is 30.7 Å². The summed E-state index contributed by atoms with van der Waals surface area (Å²) in [7, 11) is 1.95. The summed E-state index contributed by atoms with van der Waals surface area (Å²) in [5, 5.41) is 14.0. The summed E-state index contributed by atoms with van der Waals surface area (Å²) in [6.07, 6.45) is 9.70. The summed E-state index contributed by atoms with van der Waals surface area (Å²) >= 11 is 0. The van der Waals surface area contributed by atoms with Crippen LogP contribution in [0.5, 0.6) is 0 Å². The van der Waals surface area contributed by atoms with E-state index in [0.717, 1.165) is 30.7 Å². The topological polar surface area (TPSA) is 56.9 Å². The fourth-order valence-electron chi connectivity index (χ4n) is 6.24. The zero-order valence-corrected chi connectivity index (χ0v) is 17.2. The molecular weight excluding hydrogens is 362 g/mol. The molecule has 6 nitrogen and oxygen atoms in total. The fraction of sp³-hybridized carbons (Fsp3) is 0.565. The summed E-state index contributed by atoms with van der Waals surface area (Å²) in [6, 6.07) is 5.37. The highest BCUT2D eigenvalue weighted by Gasteiger charge is 2.47. The molecule has 2 aromatic heterocycles. The molecule has 1 aliphatic carbocycles. The van der Waals surface area contributed by atoms with Crippen LogP contribution < -0.4 is 5.32 Å². The van der Waals surface area contributed by atoms with Crippen LogP contribution in [0.4, 0.5) is 0 Å². The van der Waals surface area contributed by atoms with Crippen molar-refractivity contribution < 1.29 is 4.74 Å². The van der Waals surface area contributed by atoms with E-state index in [1.165, 1.54) is 47.8 Å². The first-order valence-electron chi connectivity index (χ1n) is 11.0. The van der Waals surface area contributed by atoms with Crippen molar-refractivity contribution in [1.29, 1.82) is 0 Å². The normalized spacial score (nSPS) is 31.7. The molecule has 0 radical (unpaired) electrons. The van der Waals surface area contributed by atoms with Crippen molar-refractivity contribution in [1.82, 2.24) is 24.9 Å². The number of nitrogens with zero attached hydrogens (tertiary/aromatic N) is 4. The quantitative estimate of drug-likeness (QED) is 0.745. The molecule has 3 aliphatic rings. The average Bonchev–Trinajstić information content (AvgIpc) is 3.49. The molecule has 152 valence electrons. The number of nitrogens with one attached hydrogen (secondary N) is 1. The minimum Gasteiger partial charge on any atom is -0.381 e. The molecule has 1 N–H and O–H groups in total. The molecule has 3 aromatic rings. The van der Waals surface area contributed by atoms with Crippen molar-refractivity contribution in [2.45, 2.75) is 38.1 Å². The second kappa shape index (κ2) is 6.67. The predicted octanol–water partition coefficient (Wildman–Crippen LogP) is 3.19. The lowest BCUT2D eigenvalue weighted by atomic mass is 9.84. The Morgan fingerprint density at radius 1 is 1.14 bits per heavy atom. The van der Waals surface area contributed by atoms with Gasteiger partial charge in [0.1, 0.15) is 5.69 Å². The Bertz CT molecular complexity index is 1050. The maximum absolute atomic E-state index is 5.69. The molecular formula is C23H29N5O. The van der Waals surface area contributed by atoms with Gasteiger partial charge in [0.15, 0.2) is 0 Å². The molecule has 2 saturated heterocycles. The molecule has 0 spiro atoms. The van der Waals surface area contributed by atoms with E-state index in [0.29, 0.717) is 17.9 Å². The summed E-state index contributed by atoms with van der Waals surface area (Å²) in [5.41, 5.74) is 5.13. The lowest BCUT2D eigenvalue weighted by molar-refractivity contribution is 0.171. The standard InChI is InChI=1S/C23H29N5O/c1-14-5-18-10-26-28(19-11-25-27(2)12-19)22(18)8-20(14)16-6-17-9-24-23(21(17)7-16)15-3-4-29-13-15/h5,8,10-12,15-17,21,23-24H,3-4,6-7,9,13H2,1-2H3/t15-,16+,17-,21+,23-/m1/s1. The molecule has 6 heteroatoms. The van der Waals surface area contributed by atoms with Gasteiger partial charge in [-0.05, 0) is 73.7 Å². The minimum atomic E-state index is 0.650. The number of benzene rings is 1. The van der Waals surface area contributed by atoms with Gasteiger partial charge >= 0.3 is 0 Å². The number of aryl methyl sites for hydroxylation is 2. The largest absolute Gasteiger partial charge is 0.381 e. The van der Waals surface area contributed by atoms with Crippen molar-refractivity contribution in [3.63, 3.8) is 0 Å². The van der Waals surface area contributed by atoms with E-state index in [4.69, 9.17) is 4.74 Å². The van der Waals surface area contributed by atoms with Gasteiger partial charge in [0.25, 0.3) is 0 Å². The molecule has 2 aliphatic heterocycles. The predicted molar refractivity (Wildman–Crippen MR) is 112 cm³/mol. The lowest BCUT2D eigenvalue weighted by Crippen LogP contribution is -2.35. The van der Waals surface area contributed by atoms with E-state index in [1.807, 2.05) is 35.0 Å². The molecule has 3 fully saturated rings. The van der Waals surface area contributed by atoms with Gasteiger partial charge in [-0.15, -0.1) is 0 Å². The number of aromatic nitrogens is 4. The highest BCUT2D eigenvalue weighted by Crippen LogP contribution is 2.49. The van der Waals surface area contributed by atoms with E-state index < -0.39 is 0 Å². The van der Waals surface area contributed by atoms with E-state index in [2.05, 4.69) is 34.6 Å². The van der Waals surface area contributed by atoms with Crippen LogP contribution in [-0.2, 0) is 11.8 Å². The number of hydrogen-bond acceptors (Lipinski definition) is 4. The maximum Gasteiger partial charge on any atom is 0.103 e. The smallest absolute Gasteiger partial charge is 0.103 e. The summed E-state index contributed by atoms with van der Waals surface area (Å²) < 4.78 is 9.55. The van der Waals surface area contributed by atoms with Crippen LogP contribution in [0.1, 0.15) is 36.3 Å². The molecule has 0 unspecified atom stereocenters. The van der Waals surface area contributed by atoms with Crippen molar-refractivity contribution in [2.24, 2.45) is 24.8 Å². The Balaban J connectivity index is 1.32. The third-order valence-electron chi connectivity index (χ3n) is 7.63. The molecule has 5 atom stereocenters. The third-order valence-corrected chi connectivity index (χ3v) is 7.63. The Kier molecular flexibility index (Phi) is 4.06.